The first-order chi connectivity index (χ1) is 12.8. The maximum atomic E-state index is 14.3. The van der Waals surface area contributed by atoms with Crippen molar-refractivity contribution < 1.29 is 36.0 Å². The average Bonchev–Trinajstić information content (AvgIpc) is 2.80. The lowest BCUT2D eigenvalue weighted by molar-refractivity contribution is -0.185. The third-order valence-electron chi connectivity index (χ3n) is 4.98. The predicted octanol–water partition coefficient (Wildman–Crippen LogP) is 4.53. The highest BCUT2D eigenvalue weighted by atomic mass is 19.3. The number of hydrogen-bond donors (Lipinski definition) is 0. The molecule has 3 rings (SSSR count). The summed E-state index contributed by atoms with van der Waals surface area (Å²) in [4.78, 5) is 0. The van der Waals surface area contributed by atoms with Gasteiger partial charge in [-0.2, -0.15) is 8.78 Å². The Morgan fingerprint density at radius 1 is 0.857 bits per heavy atom. The van der Waals surface area contributed by atoms with Gasteiger partial charge in [-0.15, -0.1) is 0 Å². The molecule has 1 saturated heterocycles. The second-order valence-corrected chi connectivity index (χ2v) is 7.53. The number of benzene rings is 2. The van der Waals surface area contributed by atoms with Crippen LogP contribution in [0.4, 0.5) is 22.0 Å². The zero-order valence-electron chi connectivity index (χ0n) is 15.7. The summed E-state index contributed by atoms with van der Waals surface area (Å²) >= 11 is 0. The highest BCUT2D eigenvalue weighted by molar-refractivity contribution is 6.62. The molecular formula is C19H18BF5O3. The van der Waals surface area contributed by atoms with Crippen molar-refractivity contribution in [1.29, 1.82) is 0 Å². The Kier molecular flexibility index (Phi) is 4.96. The van der Waals surface area contributed by atoms with E-state index in [2.05, 4.69) is 4.74 Å². The van der Waals surface area contributed by atoms with Crippen molar-refractivity contribution in [2.75, 3.05) is 0 Å². The number of alkyl halides is 2. The third kappa shape index (κ3) is 3.73. The van der Waals surface area contributed by atoms with Crippen molar-refractivity contribution in [3.05, 3.63) is 59.4 Å². The second kappa shape index (κ2) is 6.74. The van der Waals surface area contributed by atoms with Crippen molar-refractivity contribution >= 4 is 12.6 Å². The molecule has 0 saturated carbocycles. The van der Waals surface area contributed by atoms with E-state index in [4.69, 9.17) is 9.31 Å². The molecule has 0 aliphatic carbocycles. The largest absolute Gasteiger partial charge is 0.494 e. The Morgan fingerprint density at radius 3 is 1.79 bits per heavy atom. The topological polar surface area (TPSA) is 27.7 Å². The maximum absolute atomic E-state index is 14.3. The summed E-state index contributed by atoms with van der Waals surface area (Å²) in [6.45, 7) is 7.46. The van der Waals surface area contributed by atoms with Crippen molar-refractivity contribution in [3.8, 4) is 5.75 Å². The van der Waals surface area contributed by atoms with Gasteiger partial charge in [0.05, 0.1) is 16.8 Å². The molecule has 1 heterocycles. The minimum Gasteiger partial charge on any atom is -0.429 e. The summed E-state index contributed by atoms with van der Waals surface area (Å²) < 4.78 is 84.1. The highest BCUT2D eigenvalue weighted by Crippen LogP contribution is 2.37. The van der Waals surface area contributed by atoms with Crippen LogP contribution in [-0.4, -0.2) is 18.3 Å². The van der Waals surface area contributed by atoms with Crippen LogP contribution < -0.4 is 10.2 Å². The molecule has 0 bridgehead atoms. The zero-order chi connectivity index (χ0) is 20.9. The van der Waals surface area contributed by atoms with Crippen LogP contribution in [0.25, 0.3) is 0 Å². The maximum Gasteiger partial charge on any atom is 0.494 e. The fourth-order valence-corrected chi connectivity index (χ4v) is 2.61. The molecule has 0 spiro atoms. The monoisotopic (exact) mass is 400 g/mol. The molecule has 9 heteroatoms. The predicted molar refractivity (Wildman–Crippen MR) is 93.0 cm³/mol. The molecule has 150 valence electrons. The van der Waals surface area contributed by atoms with Gasteiger partial charge in [0, 0.05) is 12.1 Å². The zero-order valence-corrected chi connectivity index (χ0v) is 15.7. The molecule has 2 aromatic carbocycles. The summed E-state index contributed by atoms with van der Waals surface area (Å²) in [6.07, 6.45) is -3.90. The number of rotatable bonds is 4. The summed E-state index contributed by atoms with van der Waals surface area (Å²) in [5.41, 5.74) is -1.20. The normalized spacial score (nSPS) is 18.4. The summed E-state index contributed by atoms with van der Waals surface area (Å²) in [5.74, 6) is -5.84. The van der Waals surface area contributed by atoms with E-state index >= 15 is 0 Å². The SMILES string of the molecule is CC1(C)OB(c2ccc(C(F)(F)Oc3cc(F)c(F)c(F)c3)cc2)OC1(C)C. The smallest absolute Gasteiger partial charge is 0.429 e. The van der Waals surface area contributed by atoms with Gasteiger partial charge in [-0.3, -0.25) is 0 Å². The van der Waals surface area contributed by atoms with Crippen LogP contribution in [0.15, 0.2) is 36.4 Å². The minimum absolute atomic E-state index is 0.352. The standard InChI is InChI=1S/C19H18BF5O3/c1-17(2)18(3,4)28-20(27-17)12-7-5-11(6-8-12)19(24,25)26-13-9-14(21)16(23)15(22)10-13/h5-10H,1-4H3. The lowest BCUT2D eigenvalue weighted by atomic mass is 9.79. The van der Waals surface area contributed by atoms with Crippen LogP contribution in [0.5, 0.6) is 5.75 Å². The van der Waals surface area contributed by atoms with E-state index in [-0.39, 0.29) is 0 Å². The van der Waals surface area contributed by atoms with Crippen LogP contribution in [0.2, 0.25) is 0 Å². The van der Waals surface area contributed by atoms with Gasteiger partial charge in [-0.05, 0) is 45.3 Å². The Labute approximate surface area is 159 Å². The van der Waals surface area contributed by atoms with Crippen molar-refractivity contribution in [2.45, 2.75) is 45.0 Å². The van der Waals surface area contributed by atoms with E-state index in [1.165, 1.54) is 12.1 Å². The van der Waals surface area contributed by atoms with Gasteiger partial charge in [0.25, 0.3) is 0 Å². The van der Waals surface area contributed by atoms with E-state index in [0.717, 1.165) is 12.1 Å². The van der Waals surface area contributed by atoms with E-state index in [1.54, 1.807) is 0 Å². The molecule has 0 radical (unpaired) electrons. The Bertz CT molecular complexity index is 845. The molecule has 0 amide bonds. The van der Waals surface area contributed by atoms with Gasteiger partial charge in [-0.1, -0.05) is 12.1 Å². The molecule has 3 nitrogen and oxygen atoms in total. The van der Waals surface area contributed by atoms with E-state index in [0.29, 0.717) is 17.6 Å². The fraction of sp³-hybridized carbons (Fsp3) is 0.368. The highest BCUT2D eigenvalue weighted by Gasteiger charge is 2.51. The molecule has 0 atom stereocenters. The van der Waals surface area contributed by atoms with E-state index in [9.17, 15) is 22.0 Å². The molecule has 28 heavy (non-hydrogen) atoms. The quantitative estimate of drug-likeness (QED) is 0.429. The summed E-state index contributed by atoms with van der Waals surface area (Å²) in [5, 5.41) is 0. The molecule has 0 N–H and O–H groups in total. The molecule has 2 aromatic rings. The molecule has 0 unspecified atom stereocenters. The molecule has 1 aliphatic heterocycles. The fourth-order valence-electron chi connectivity index (χ4n) is 2.61. The number of ether oxygens (including phenoxy) is 1. The van der Waals surface area contributed by atoms with E-state index in [1.807, 2.05) is 27.7 Å². The van der Waals surface area contributed by atoms with Gasteiger partial charge in [0.15, 0.2) is 17.5 Å². The Hall–Kier alpha value is -2.13. The van der Waals surface area contributed by atoms with Crippen LogP contribution >= 0.6 is 0 Å². The van der Waals surface area contributed by atoms with Crippen LogP contribution in [0.3, 0.4) is 0 Å². The molecule has 1 aliphatic rings. The van der Waals surface area contributed by atoms with Gasteiger partial charge in [-0.25, -0.2) is 13.2 Å². The molecule has 1 fully saturated rings. The van der Waals surface area contributed by atoms with Crippen molar-refractivity contribution in [3.63, 3.8) is 0 Å². The van der Waals surface area contributed by atoms with Crippen LogP contribution in [-0.2, 0) is 15.4 Å². The first-order valence-corrected chi connectivity index (χ1v) is 8.50. The Balaban J connectivity index is 1.79. The van der Waals surface area contributed by atoms with Gasteiger partial charge in [0.2, 0.25) is 0 Å². The minimum atomic E-state index is -3.90. The van der Waals surface area contributed by atoms with Gasteiger partial charge >= 0.3 is 13.2 Å². The summed E-state index contributed by atoms with van der Waals surface area (Å²) in [6, 6.07) is 5.67. The molecular weight excluding hydrogens is 382 g/mol. The first-order valence-electron chi connectivity index (χ1n) is 8.50. The van der Waals surface area contributed by atoms with Crippen molar-refractivity contribution in [2.24, 2.45) is 0 Å². The number of halogens is 5. The third-order valence-corrected chi connectivity index (χ3v) is 4.98. The van der Waals surface area contributed by atoms with Gasteiger partial charge < -0.3 is 14.0 Å². The first kappa shape index (κ1) is 20.6. The second-order valence-electron chi connectivity index (χ2n) is 7.53. The number of hydrogen-bond acceptors (Lipinski definition) is 3. The van der Waals surface area contributed by atoms with E-state index < -0.39 is 53.2 Å². The lowest BCUT2D eigenvalue weighted by Gasteiger charge is -2.32. The lowest BCUT2D eigenvalue weighted by Crippen LogP contribution is -2.41. The average molecular weight is 400 g/mol. The Morgan fingerprint density at radius 2 is 1.32 bits per heavy atom. The van der Waals surface area contributed by atoms with Crippen LogP contribution in [0, 0.1) is 17.5 Å². The van der Waals surface area contributed by atoms with Gasteiger partial charge in [0.1, 0.15) is 5.75 Å². The summed E-state index contributed by atoms with van der Waals surface area (Å²) in [7, 11) is -0.728. The molecule has 0 aromatic heterocycles. The van der Waals surface area contributed by atoms with Crippen LogP contribution in [0.1, 0.15) is 33.3 Å². The van der Waals surface area contributed by atoms with Crippen molar-refractivity contribution in [1.82, 2.24) is 0 Å².